The maximum atomic E-state index is 6.37. The van der Waals surface area contributed by atoms with Crippen LogP contribution in [0.2, 0.25) is 5.02 Å². The Labute approximate surface area is 163 Å². The zero-order valence-corrected chi connectivity index (χ0v) is 16.1. The smallest absolute Gasteiger partial charge is 0.248 e. The Morgan fingerprint density at radius 3 is 2.52 bits per heavy atom. The summed E-state index contributed by atoms with van der Waals surface area (Å²) in [6, 6.07) is 12.2. The first kappa shape index (κ1) is 17.6. The van der Waals surface area contributed by atoms with Gasteiger partial charge in [0.2, 0.25) is 5.88 Å². The predicted molar refractivity (Wildman–Crippen MR) is 109 cm³/mol. The number of nitrogens with two attached hydrogens (primary N) is 1. The van der Waals surface area contributed by atoms with Gasteiger partial charge in [0.05, 0.1) is 0 Å². The molecule has 1 aliphatic heterocycles. The van der Waals surface area contributed by atoms with Crippen molar-refractivity contribution >= 4 is 23.1 Å². The number of benzene rings is 2. The second-order valence-corrected chi connectivity index (χ2v) is 7.21. The summed E-state index contributed by atoms with van der Waals surface area (Å²) in [6.45, 7) is 5.52. The van der Waals surface area contributed by atoms with E-state index in [1.807, 2.05) is 26.0 Å². The normalized spacial score (nSPS) is 13.4. The van der Waals surface area contributed by atoms with Crippen LogP contribution in [0.1, 0.15) is 22.3 Å². The summed E-state index contributed by atoms with van der Waals surface area (Å²) in [5.74, 6) is 1.73. The number of aryl methyl sites for hydroxylation is 2. The monoisotopic (exact) mass is 380 g/mol. The fourth-order valence-electron chi connectivity index (χ4n) is 3.46. The lowest BCUT2D eigenvalue weighted by Crippen LogP contribution is -2.31. The maximum Gasteiger partial charge on any atom is 0.248 e. The molecule has 0 atom stereocenters. The van der Waals surface area contributed by atoms with Crippen molar-refractivity contribution < 1.29 is 4.74 Å². The summed E-state index contributed by atoms with van der Waals surface area (Å²) >= 11 is 6.24. The second kappa shape index (κ2) is 7.08. The van der Waals surface area contributed by atoms with Gasteiger partial charge in [-0.1, -0.05) is 35.9 Å². The minimum atomic E-state index is 0.361. The molecule has 0 spiro atoms. The number of anilines is 2. The van der Waals surface area contributed by atoms with Crippen LogP contribution in [-0.2, 0) is 13.0 Å². The van der Waals surface area contributed by atoms with Crippen molar-refractivity contribution in [1.29, 1.82) is 0 Å². The second-order valence-electron chi connectivity index (χ2n) is 6.83. The molecule has 0 aliphatic carbocycles. The van der Waals surface area contributed by atoms with Crippen molar-refractivity contribution in [3.8, 4) is 11.6 Å². The van der Waals surface area contributed by atoms with E-state index in [1.165, 1.54) is 17.5 Å². The topological polar surface area (TPSA) is 64.3 Å². The SMILES string of the molecule is Cc1cc(Oc2ncnc(N3CCc4ccccc4C3)c2N)cc(C)c1Cl. The van der Waals surface area contributed by atoms with Crippen molar-refractivity contribution in [3.05, 3.63) is 70.0 Å². The molecule has 1 aromatic heterocycles. The van der Waals surface area contributed by atoms with E-state index in [4.69, 9.17) is 22.1 Å². The zero-order chi connectivity index (χ0) is 19.0. The molecule has 27 heavy (non-hydrogen) atoms. The molecule has 2 heterocycles. The van der Waals surface area contributed by atoms with E-state index < -0.39 is 0 Å². The van der Waals surface area contributed by atoms with Crippen LogP contribution in [0.3, 0.4) is 0 Å². The van der Waals surface area contributed by atoms with Gasteiger partial charge in [0.25, 0.3) is 0 Å². The fraction of sp³-hybridized carbons (Fsp3) is 0.238. The average Bonchev–Trinajstić information content (AvgIpc) is 2.67. The van der Waals surface area contributed by atoms with Crippen LogP contribution in [0.4, 0.5) is 11.5 Å². The first-order valence-corrected chi connectivity index (χ1v) is 9.27. The van der Waals surface area contributed by atoms with Crippen molar-refractivity contribution in [2.45, 2.75) is 26.8 Å². The van der Waals surface area contributed by atoms with Gasteiger partial charge >= 0.3 is 0 Å². The van der Waals surface area contributed by atoms with Crippen LogP contribution in [0.15, 0.2) is 42.7 Å². The third-order valence-corrected chi connectivity index (χ3v) is 5.48. The molecular weight excluding hydrogens is 360 g/mol. The van der Waals surface area contributed by atoms with Gasteiger partial charge in [-0.15, -0.1) is 0 Å². The molecule has 2 N–H and O–H groups in total. The quantitative estimate of drug-likeness (QED) is 0.714. The molecule has 0 fully saturated rings. The van der Waals surface area contributed by atoms with Crippen LogP contribution in [0.25, 0.3) is 0 Å². The summed E-state index contributed by atoms with van der Waals surface area (Å²) in [5, 5.41) is 0.741. The minimum Gasteiger partial charge on any atom is -0.437 e. The largest absolute Gasteiger partial charge is 0.437 e. The third kappa shape index (κ3) is 3.43. The van der Waals surface area contributed by atoms with Gasteiger partial charge in [0, 0.05) is 18.1 Å². The third-order valence-electron chi connectivity index (χ3n) is 4.88. The number of hydrogen-bond acceptors (Lipinski definition) is 5. The summed E-state index contributed by atoms with van der Waals surface area (Å²) in [5.41, 5.74) is 11.4. The molecule has 1 aliphatic rings. The van der Waals surface area contributed by atoms with Crippen molar-refractivity contribution in [2.75, 3.05) is 17.2 Å². The van der Waals surface area contributed by atoms with Gasteiger partial charge in [-0.2, -0.15) is 4.98 Å². The number of nitrogen functional groups attached to an aromatic ring is 1. The van der Waals surface area contributed by atoms with E-state index in [9.17, 15) is 0 Å². The summed E-state index contributed by atoms with van der Waals surface area (Å²) < 4.78 is 5.97. The fourth-order valence-corrected chi connectivity index (χ4v) is 3.57. The summed E-state index contributed by atoms with van der Waals surface area (Å²) in [4.78, 5) is 10.8. The van der Waals surface area contributed by atoms with E-state index in [2.05, 4.69) is 39.1 Å². The number of ether oxygens (including phenoxy) is 1. The Bertz CT molecular complexity index is 982. The van der Waals surface area contributed by atoms with Crippen LogP contribution in [0, 0.1) is 13.8 Å². The average molecular weight is 381 g/mol. The lowest BCUT2D eigenvalue weighted by atomic mass is 10.00. The van der Waals surface area contributed by atoms with Gasteiger partial charge in [0.1, 0.15) is 17.8 Å². The highest BCUT2D eigenvalue weighted by molar-refractivity contribution is 6.32. The number of hydrogen-bond donors (Lipinski definition) is 1. The molecule has 0 unspecified atom stereocenters. The van der Waals surface area contributed by atoms with Crippen LogP contribution in [0.5, 0.6) is 11.6 Å². The molecule has 5 nitrogen and oxygen atoms in total. The van der Waals surface area contributed by atoms with E-state index in [1.54, 1.807) is 0 Å². The van der Waals surface area contributed by atoms with Gasteiger partial charge in [-0.3, -0.25) is 0 Å². The molecular formula is C21H21ClN4O. The predicted octanol–water partition coefficient (Wildman–Crippen LogP) is 4.68. The van der Waals surface area contributed by atoms with Crippen LogP contribution < -0.4 is 15.4 Å². The highest BCUT2D eigenvalue weighted by Gasteiger charge is 2.21. The van der Waals surface area contributed by atoms with E-state index in [0.717, 1.165) is 35.7 Å². The Hall–Kier alpha value is -2.79. The van der Waals surface area contributed by atoms with Crippen molar-refractivity contribution in [1.82, 2.24) is 9.97 Å². The van der Waals surface area contributed by atoms with E-state index >= 15 is 0 Å². The molecule has 3 aromatic rings. The molecule has 4 rings (SSSR count). The number of nitrogens with zero attached hydrogens (tertiary/aromatic N) is 3. The maximum absolute atomic E-state index is 6.37. The van der Waals surface area contributed by atoms with E-state index in [0.29, 0.717) is 23.1 Å². The Morgan fingerprint density at radius 2 is 1.78 bits per heavy atom. The summed E-state index contributed by atoms with van der Waals surface area (Å²) in [6.07, 6.45) is 2.46. The first-order chi connectivity index (χ1) is 13.0. The molecule has 0 saturated heterocycles. The number of rotatable bonds is 3. The molecule has 0 amide bonds. The molecule has 2 aromatic carbocycles. The number of fused-ring (bicyclic) bond motifs is 1. The highest BCUT2D eigenvalue weighted by Crippen LogP contribution is 2.35. The number of aromatic nitrogens is 2. The Morgan fingerprint density at radius 1 is 1.07 bits per heavy atom. The zero-order valence-electron chi connectivity index (χ0n) is 15.4. The van der Waals surface area contributed by atoms with Crippen LogP contribution >= 0.6 is 11.6 Å². The van der Waals surface area contributed by atoms with Gasteiger partial charge in [-0.05, 0) is 54.7 Å². The van der Waals surface area contributed by atoms with Crippen molar-refractivity contribution in [2.24, 2.45) is 0 Å². The molecule has 138 valence electrons. The van der Waals surface area contributed by atoms with Crippen molar-refractivity contribution in [3.63, 3.8) is 0 Å². The lowest BCUT2D eigenvalue weighted by Gasteiger charge is -2.30. The molecule has 0 radical (unpaired) electrons. The Balaban J connectivity index is 1.62. The molecule has 0 saturated carbocycles. The first-order valence-electron chi connectivity index (χ1n) is 8.89. The molecule has 6 heteroatoms. The number of halogens is 1. The van der Waals surface area contributed by atoms with Gasteiger partial charge in [0.15, 0.2) is 5.82 Å². The standard InChI is InChI=1S/C21H21ClN4O/c1-13-9-17(10-14(2)18(13)22)27-21-19(23)20(24-12-25-21)26-8-7-15-5-3-4-6-16(15)11-26/h3-6,9-10,12H,7-8,11,23H2,1-2H3. The highest BCUT2D eigenvalue weighted by atomic mass is 35.5. The van der Waals surface area contributed by atoms with Gasteiger partial charge in [-0.25, -0.2) is 4.98 Å². The van der Waals surface area contributed by atoms with E-state index in [-0.39, 0.29) is 0 Å². The minimum absolute atomic E-state index is 0.361. The Kier molecular flexibility index (Phi) is 4.62. The van der Waals surface area contributed by atoms with Gasteiger partial charge < -0.3 is 15.4 Å². The lowest BCUT2D eigenvalue weighted by molar-refractivity contribution is 0.463. The summed E-state index contributed by atoms with van der Waals surface area (Å²) in [7, 11) is 0. The van der Waals surface area contributed by atoms with Crippen LogP contribution in [-0.4, -0.2) is 16.5 Å². The molecule has 0 bridgehead atoms.